The lowest BCUT2D eigenvalue weighted by molar-refractivity contribution is 0.0941. The first-order valence-electron chi connectivity index (χ1n) is 8.14. The molecule has 0 atom stereocenters. The van der Waals surface area contributed by atoms with Gasteiger partial charge in [0.2, 0.25) is 4.34 Å². The molecule has 0 unspecified atom stereocenters. The molecule has 3 N–H and O–H groups in total. The molecule has 2 aromatic heterocycles. The maximum Gasteiger partial charge on any atom is 0.289 e. The molecule has 0 radical (unpaired) electrons. The first-order chi connectivity index (χ1) is 13.4. The van der Waals surface area contributed by atoms with Crippen LogP contribution in [0.1, 0.15) is 20.8 Å². The van der Waals surface area contributed by atoms with Crippen LogP contribution < -0.4 is 10.0 Å². The number of carbonyl (C=O) groups excluding carboxylic acids is 1. The molecule has 0 aliphatic carbocycles. The molecule has 0 aliphatic heterocycles. The number of fused-ring (bicyclic) bond motifs is 1. The Kier molecular flexibility index (Phi) is 5.64. The number of rotatable bonds is 7. The summed E-state index contributed by atoms with van der Waals surface area (Å²) in [6.45, 7) is 2.50. The number of nitrogens with zero attached hydrogens (tertiary/aromatic N) is 2. The topological polar surface area (TPSA) is 137 Å². The van der Waals surface area contributed by atoms with Gasteiger partial charge >= 0.3 is 0 Å². The summed E-state index contributed by atoms with van der Waals surface area (Å²) in [5.41, 5.74) is 2.08. The van der Waals surface area contributed by atoms with Gasteiger partial charge in [0.25, 0.3) is 15.9 Å². The molecule has 0 bridgehead atoms. The summed E-state index contributed by atoms with van der Waals surface area (Å²) in [7, 11) is -2.49. The number of hydrogen-bond donors (Lipinski definition) is 3. The van der Waals surface area contributed by atoms with Gasteiger partial charge in [0.1, 0.15) is 10.9 Å². The fourth-order valence-electron chi connectivity index (χ4n) is 2.62. The molecule has 1 aromatic carbocycles. The number of anilines is 1. The predicted molar refractivity (Wildman–Crippen MR) is 105 cm³/mol. The Labute approximate surface area is 165 Å². The van der Waals surface area contributed by atoms with Crippen molar-refractivity contribution in [3.05, 3.63) is 40.5 Å². The van der Waals surface area contributed by atoms with Gasteiger partial charge < -0.3 is 15.0 Å². The molecular formula is C17H17N5O4S2. The van der Waals surface area contributed by atoms with Crippen molar-refractivity contribution < 1.29 is 17.9 Å². The number of hydrogen-bond acceptors (Lipinski definition) is 7. The number of aryl methyl sites for hydroxylation is 1. The molecular weight excluding hydrogens is 402 g/mol. The fourth-order valence-corrected chi connectivity index (χ4v) is 4.76. The van der Waals surface area contributed by atoms with Crippen molar-refractivity contribution >= 4 is 43.9 Å². The zero-order chi connectivity index (χ0) is 20.3. The van der Waals surface area contributed by atoms with Gasteiger partial charge in [-0.25, -0.2) is 4.98 Å². The van der Waals surface area contributed by atoms with E-state index in [4.69, 9.17) is 4.74 Å². The van der Waals surface area contributed by atoms with Crippen LogP contribution in [0.3, 0.4) is 0 Å². The zero-order valence-corrected chi connectivity index (χ0v) is 16.7. The first-order valence-corrected chi connectivity index (χ1v) is 10.4. The summed E-state index contributed by atoms with van der Waals surface area (Å²) in [5.74, 6) is -0.420. The highest BCUT2D eigenvalue weighted by molar-refractivity contribution is 7.94. The standard InChI is InChI=1S/C17H17N5O4S2/c1-10-3-4-12(15-14(10)11(7-18)8-20-15)22-28(24,25)17-21-9-13(27-17)16(23)19-5-6-26-2/h3-4,8-9,20,22H,5-6H2,1-2H3,(H,19,23). The average Bonchev–Trinajstić information content (AvgIpc) is 3.32. The van der Waals surface area contributed by atoms with Gasteiger partial charge in [-0.1, -0.05) is 17.4 Å². The Morgan fingerprint density at radius 2 is 2.21 bits per heavy atom. The Bertz CT molecular complexity index is 1170. The van der Waals surface area contributed by atoms with Crippen molar-refractivity contribution in [2.45, 2.75) is 11.3 Å². The van der Waals surface area contributed by atoms with Crippen molar-refractivity contribution in [2.75, 3.05) is 25.0 Å². The van der Waals surface area contributed by atoms with Gasteiger partial charge in [0.15, 0.2) is 0 Å². The summed E-state index contributed by atoms with van der Waals surface area (Å²) in [5, 5.41) is 12.5. The van der Waals surface area contributed by atoms with E-state index in [9.17, 15) is 18.5 Å². The highest BCUT2D eigenvalue weighted by Crippen LogP contribution is 2.30. The lowest BCUT2D eigenvalue weighted by atomic mass is 10.1. The van der Waals surface area contributed by atoms with E-state index >= 15 is 0 Å². The van der Waals surface area contributed by atoms with Crippen LogP contribution >= 0.6 is 11.3 Å². The van der Waals surface area contributed by atoms with E-state index in [-0.39, 0.29) is 9.22 Å². The molecule has 0 spiro atoms. The van der Waals surface area contributed by atoms with Crippen molar-refractivity contribution in [3.63, 3.8) is 0 Å². The molecule has 11 heteroatoms. The number of carbonyl (C=O) groups is 1. The van der Waals surface area contributed by atoms with E-state index in [2.05, 4.69) is 26.1 Å². The third-order valence-electron chi connectivity index (χ3n) is 3.94. The molecule has 1 amide bonds. The van der Waals surface area contributed by atoms with Crippen LogP contribution in [0.15, 0.2) is 28.9 Å². The number of aromatic amines is 1. The van der Waals surface area contributed by atoms with Crippen molar-refractivity contribution in [1.29, 1.82) is 5.26 Å². The Morgan fingerprint density at radius 3 is 2.93 bits per heavy atom. The molecule has 0 saturated heterocycles. The van der Waals surface area contributed by atoms with Crippen LogP contribution in [0.2, 0.25) is 0 Å². The van der Waals surface area contributed by atoms with Gasteiger partial charge in [0, 0.05) is 25.2 Å². The minimum absolute atomic E-state index is 0.178. The largest absolute Gasteiger partial charge is 0.383 e. The number of methoxy groups -OCH3 is 1. The third kappa shape index (κ3) is 3.84. The average molecular weight is 419 g/mol. The Hall–Kier alpha value is -2.94. The Balaban J connectivity index is 1.87. The lowest BCUT2D eigenvalue weighted by Crippen LogP contribution is -2.26. The minimum atomic E-state index is -4.00. The maximum absolute atomic E-state index is 12.7. The van der Waals surface area contributed by atoms with Crippen molar-refractivity contribution in [1.82, 2.24) is 15.3 Å². The molecule has 2 heterocycles. The van der Waals surface area contributed by atoms with Crippen LogP contribution in [0.4, 0.5) is 5.69 Å². The first kappa shape index (κ1) is 19.8. The third-order valence-corrected chi connectivity index (χ3v) is 6.69. The number of ether oxygens (including phenoxy) is 1. The smallest absolute Gasteiger partial charge is 0.289 e. The fraction of sp³-hybridized carbons (Fsp3) is 0.235. The van der Waals surface area contributed by atoms with E-state index in [1.807, 2.05) is 6.92 Å². The lowest BCUT2D eigenvalue weighted by Gasteiger charge is -2.08. The van der Waals surface area contributed by atoms with Crippen LogP contribution in [-0.4, -0.2) is 44.6 Å². The summed E-state index contributed by atoms with van der Waals surface area (Å²) in [4.78, 5) is 19.0. The number of amides is 1. The SMILES string of the molecule is COCCNC(=O)c1cnc(S(=O)(=O)Nc2ccc(C)c3c(C#N)c[nH]c23)s1. The normalized spacial score (nSPS) is 11.3. The molecule has 28 heavy (non-hydrogen) atoms. The minimum Gasteiger partial charge on any atom is -0.383 e. The predicted octanol–water partition coefficient (Wildman–Crippen LogP) is 1.98. The molecule has 3 aromatic rings. The molecule has 0 aliphatic rings. The quantitative estimate of drug-likeness (QED) is 0.501. The summed E-state index contributed by atoms with van der Waals surface area (Å²) in [6.07, 6.45) is 2.75. The second kappa shape index (κ2) is 7.97. The molecule has 3 rings (SSSR count). The summed E-state index contributed by atoms with van der Waals surface area (Å²) >= 11 is 0.766. The van der Waals surface area contributed by atoms with Gasteiger partial charge in [-0.05, 0) is 18.6 Å². The van der Waals surface area contributed by atoms with Gasteiger partial charge in [-0.3, -0.25) is 9.52 Å². The van der Waals surface area contributed by atoms with Gasteiger partial charge in [0.05, 0.1) is 29.6 Å². The number of benzene rings is 1. The number of nitrogens with one attached hydrogen (secondary N) is 3. The number of thiazole rings is 1. The molecule has 0 saturated carbocycles. The molecule has 0 fully saturated rings. The summed E-state index contributed by atoms with van der Waals surface area (Å²) in [6, 6.07) is 5.41. The van der Waals surface area contributed by atoms with E-state index in [1.165, 1.54) is 19.5 Å². The maximum atomic E-state index is 12.7. The number of sulfonamides is 1. The second-order valence-electron chi connectivity index (χ2n) is 5.84. The highest BCUT2D eigenvalue weighted by atomic mass is 32.2. The second-order valence-corrected chi connectivity index (χ2v) is 8.73. The van der Waals surface area contributed by atoms with Gasteiger partial charge in [-0.15, -0.1) is 0 Å². The highest BCUT2D eigenvalue weighted by Gasteiger charge is 2.23. The van der Waals surface area contributed by atoms with Gasteiger partial charge in [-0.2, -0.15) is 13.7 Å². The van der Waals surface area contributed by atoms with Crippen molar-refractivity contribution in [2.24, 2.45) is 0 Å². The van der Waals surface area contributed by atoms with Crippen LogP contribution in [-0.2, 0) is 14.8 Å². The molecule has 146 valence electrons. The van der Waals surface area contributed by atoms with E-state index < -0.39 is 15.9 Å². The van der Waals surface area contributed by atoms with E-state index in [0.29, 0.717) is 35.3 Å². The van der Waals surface area contributed by atoms with Crippen molar-refractivity contribution in [3.8, 4) is 6.07 Å². The monoisotopic (exact) mass is 419 g/mol. The van der Waals surface area contributed by atoms with Crippen LogP contribution in [0, 0.1) is 18.3 Å². The summed E-state index contributed by atoms with van der Waals surface area (Å²) < 4.78 is 32.5. The van der Waals surface area contributed by atoms with E-state index in [0.717, 1.165) is 16.9 Å². The van der Waals surface area contributed by atoms with E-state index in [1.54, 1.807) is 12.1 Å². The van der Waals surface area contributed by atoms with Crippen LogP contribution in [0.25, 0.3) is 10.9 Å². The Morgan fingerprint density at radius 1 is 1.43 bits per heavy atom. The van der Waals surface area contributed by atoms with Crippen LogP contribution in [0.5, 0.6) is 0 Å². The number of H-pyrrole nitrogens is 1. The zero-order valence-electron chi connectivity index (χ0n) is 15.1. The number of aromatic nitrogens is 2. The molecule has 9 nitrogen and oxygen atoms in total. The number of nitriles is 1.